The first kappa shape index (κ1) is 23.2. The molecule has 0 aromatic heterocycles. The predicted octanol–water partition coefficient (Wildman–Crippen LogP) is 4.59. The lowest BCUT2D eigenvalue weighted by atomic mass is 10.1. The topological polar surface area (TPSA) is 82.1 Å². The lowest BCUT2D eigenvalue weighted by Crippen LogP contribution is -2.46. The van der Waals surface area contributed by atoms with Gasteiger partial charge in [0.2, 0.25) is 0 Å². The summed E-state index contributed by atoms with van der Waals surface area (Å²) in [7, 11) is 1.55. The van der Waals surface area contributed by atoms with Gasteiger partial charge in [0.25, 0.3) is 5.91 Å². The molecule has 0 bridgehead atoms. The van der Waals surface area contributed by atoms with Crippen LogP contribution < -0.4 is 19.9 Å². The van der Waals surface area contributed by atoms with Gasteiger partial charge in [-0.15, -0.1) is 0 Å². The van der Waals surface area contributed by atoms with Gasteiger partial charge in [-0.05, 0) is 73.5 Å². The molecule has 0 atom stereocenters. The van der Waals surface area contributed by atoms with Crippen LogP contribution in [0.2, 0.25) is 0 Å². The second-order valence-corrected chi connectivity index (χ2v) is 8.41. The molecule has 0 unspecified atom stereocenters. The quantitative estimate of drug-likeness (QED) is 0.561. The lowest BCUT2D eigenvalue weighted by molar-refractivity contribution is 0.0698. The first-order chi connectivity index (χ1) is 16.4. The first-order valence-electron chi connectivity index (χ1n) is 11.3. The number of anilines is 3. The number of aromatic carboxylic acids is 1. The number of nitrogens with one attached hydrogen (secondary N) is 1. The number of rotatable bonds is 6. The van der Waals surface area contributed by atoms with Crippen molar-refractivity contribution in [3.05, 3.63) is 82.9 Å². The number of aryl methyl sites for hydroxylation is 1. The third kappa shape index (κ3) is 4.83. The van der Waals surface area contributed by atoms with E-state index in [0.717, 1.165) is 31.9 Å². The summed E-state index contributed by atoms with van der Waals surface area (Å²) in [6.07, 6.45) is 0. The van der Waals surface area contributed by atoms with Crippen LogP contribution in [-0.4, -0.2) is 50.3 Å². The van der Waals surface area contributed by atoms with Crippen LogP contribution in [0.3, 0.4) is 0 Å². The number of carboxylic acid groups (broad SMARTS) is 1. The summed E-state index contributed by atoms with van der Waals surface area (Å²) in [5.41, 5.74) is 5.41. The number of piperazine rings is 1. The molecular formula is C27H29N3O4. The van der Waals surface area contributed by atoms with Crippen molar-refractivity contribution in [2.75, 3.05) is 48.4 Å². The number of carbonyl (C=O) groups excluding carboxylic acids is 1. The number of carbonyl (C=O) groups is 2. The highest BCUT2D eigenvalue weighted by atomic mass is 16.5. The fourth-order valence-electron chi connectivity index (χ4n) is 4.24. The number of benzene rings is 3. The largest absolute Gasteiger partial charge is 0.497 e. The zero-order valence-corrected chi connectivity index (χ0v) is 19.7. The van der Waals surface area contributed by atoms with Crippen molar-refractivity contribution >= 4 is 28.9 Å². The Hall–Kier alpha value is -4.00. The van der Waals surface area contributed by atoms with E-state index in [1.54, 1.807) is 43.5 Å². The number of nitrogens with zero attached hydrogens (tertiary/aromatic N) is 2. The molecule has 0 radical (unpaired) electrons. The molecule has 1 aliphatic rings. The highest BCUT2D eigenvalue weighted by Crippen LogP contribution is 2.28. The van der Waals surface area contributed by atoms with E-state index in [-0.39, 0.29) is 17.2 Å². The van der Waals surface area contributed by atoms with Crippen molar-refractivity contribution < 1.29 is 19.4 Å². The highest BCUT2D eigenvalue weighted by Gasteiger charge is 2.21. The molecule has 0 spiro atoms. The molecule has 2 N–H and O–H groups in total. The Morgan fingerprint density at radius 1 is 0.912 bits per heavy atom. The molecule has 1 aliphatic heterocycles. The van der Waals surface area contributed by atoms with E-state index in [1.165, 1.54) is 16.8 Å². The molecular weight excluding hydrogens is 430 g/mol. The minimum Gasteiger partial charge on any atom is -0.497 e. The van der Waals surface area contributed by atoms with Crippen LogP contribution in [0.5, 0.6) is 5.75 Å². The second-order valence-electron chi connectivity index (χ2n) is 8.41. The standard InChI is InChI=1S/C27H29N3O4/c1-18-5-4-6-25(19(18)2)30-15-13-29(14-16-30)21-9-12-24(23(17-21)27(32)33)28-26(31)20-7-10-22(34-3)11-8-20/h4-12,17H,13-16H2,1-3H3,(H,28,31)(H,32,33). The fourth-order valence-corrected chi connectivity index (χ4v) is 4.24. The second kappa shape index (κ2) is 9.87. The van der Waals surface area contributed by atoms with Crippen LogP contribution in [0, 0.1) is 13.8 Å². The third-order valence-corrected chi connectivity index (χ3v) is 6.40. The van der Waals surface area contributed by atoms with Gasteiger partial charge in [0.1, 0.15) is 5.75 Å². The van der Waals surface area contributed by atoms with Crippen molar-refractivity contribution in [2.45, 2.75) is 13.8 Å². The fraction of sp³-hybridized carbons (Fsp3) is 0.259. The molecule has 0 saturated carbocycles. The minimum atomic E-state index is -1.08. The minimum absolute atomic E-state index is 0.0660. The number of hydrogen-bond acceptors (Lipinski definition) is 5. The number of carboxylic acids is 1. The van der Waals surface area contributed by atoms with Gasteiger partial charge in [-0.3, -0.25) is 4.79 Å². The van der Waals surface area contributed by atoms with Crippen molar-refractivity contribution in [1.29, 1.82) is 0 Å². The molecule has 3 aromatic carbocycles. The summed E-state index contributed by atoms with van der Waals surface area (Å²) in [5.74, 6) is -0.814. The van der Waals surface area contributed by atoms with Gasteiger partial charge in [0, 0.05) is 43.1 Å². The summed E-state index contributed by atoms with van der Waals surface area (Å²) in [6, 6.07) is 18.2. The third-order valence-electron chi connectivity index (χ3n) is 6.40. The summed E-state index contributed by atoms with van der Waals surface area (Å²) >= 11 is 0. The molecule has 4 rings (SSSR count). The monoisotopic (exact) mass is 459 g/mol. The van der Waals surface area contributed by atoms with Crippen LogP contribution in [0.4, 0.5) is 17.1 Å². The van der Waals surface area contributed by atoms with Crippen LogP contribution in [-0.2, 0) is 0 Å². The van der Waals surface area contributed by atoms with Gasteiger partial charge >= 0.3 is 5.97 Å². The Balaban J connectivity index is 1.48. The summed E-state index contributed by atoms with van der Waals surface area (Å²) < 4.78 is 5.11. The molecule has 1 fully saturated rings. The van der Waals surface area contributed by atoms with Crippen LogP contribution in [0.1, 0.15) is 31.8 Å². The number of ether oxygens (including phenoxy) is 1. The van der Waals surface area contributed by atoms with E-state index in [4.69, 9.17) is 4.74 Å². The van der Waals surface area contributed by atoms with E-state index >= 15 is 0 Å². The Morgan fingerprint density at radius 3 is 2.24 bits per heavy atom. The number of amides is 1. The highest BCUT2D eigenvalue weighted by molar-refractivity contribution is 6.08. The van der Waals surface area contributed by atoms with E-state index in [1.807, 2.05) is 6.07 Å². The van der Waals surface area contributed by atoms with E-state index < -0.39 is 5.97 Å². The molecule has 3 aromatic rings. The van der Waals surface area contributed by atoms with E-state index in [9.17, 15) is 14.7 Å². The summed E-state index contributed by atoms with van der Waals surface area (Å²) in [6.45, 7) is 7.53. The van der Waals surface area contributed by atoms with Crippen LogP contribution in [0.25, 0.3) is 0 Å². The molecule has 0 aliphatic carbocycles. The van der Waals surface area contributed by atoms with E-state index in [0.29, 0.717) is 11.3 Å². The van der Waals surface area contributed by atoms with Crippen molar-refractivity contribution in [2.24, 2.45) is 0 Å². The molecule has 176 valence electrons. The van der Waals surface area contributed by atoms with Crippen molar-refractivity contribution in [3.63, 3.8) is 0 Å². The van der Waals surface area contributed by atoms with E-state index in [2.05, 4.69) is 47.2 Å². The molecule has 7 heteroatoms. The SMILES string of the molecule is COc1ccc(C(=O)Nc2ccc(N3CCN(c4cccc(C)c4C)CC3)cc2C(=O)O)cc1. The van der Waals surface area contributed by atoms with Gasteiger partial charge in [-0.2, -0.15) is 0 Å². The number of hydrogen-bond donors (Lipinski definition) is 2. The van der Waals surface area contributed by atoms with Gasteiger partial charge < -0.3 is 25.0 Å². The van der Waals surface area contributed by atoms with Gasteiger partial charge in [-0.1, -0.05) is 12.1 Å². The molecule has 34 heavy (non-hydrogen) atoms. The van der Waals surface area contributed by atoms with Gasteiger partial charge in [0.05, 0.1) is 18.4 Å². The lowest BCUT2D eigenvalue weighted by Gasteiger charge is -2.38. The summed E-state index contributed by atoms with van der Waals surface area (Å²) in [5, 5.41) is 12.5. The molecule has 7 nitrogen and oxygen atoms in total. The smallest absolute Gasteiger partial charge is 0.337 e. The van der Waals surface area contributed by atoms with Crippen LogP contribution in [0.15, 0.2) is 60.7 Å². The number of methoxy groups -OCH3 is 1. The average molecular weight is 460 g/mol. The Kier molecular flexibility index (Phi) is 6.72. The maximum Gasteiger partial charge on any atom is 0.337 e. The zero-order valence-electron chi connectivity index (χ0n) is 19.7. The summed E-state index contributed by atoms with van der Waals surface area (Å²) in [4.78, 5) is 29.2. The molecule has 1 heterocycles. The van der Waals surface area contributed by atoms with Gasteiger partial charge in [-0.25, -0.2) is 4.79 Å². The normalized spacial score (nSPS) is 13.5. The average Bonchev–Trinajstić information content (AvgIpc) is 2.86. The van der Waals surface area contributed by atoms with Gasteiger partial charge in [0.15, 0.2) is 0 Å². The van der Waals surface area contributed by atoms with Crippen molar-refractivity contribution in [3.8, 4) is 5.75 Å². The predicted molar refractivity (Wildman–Crippen MR) is 135 cm³/mol. The molecule has 1 saturated heterocycles. The maximum absolute atomic E-state index is 12.6. The van der Waals surface area contributed by atoms with Crippen LogP contribution >= 0.6 is 0 Å². The Morgan fingerprint density at radius 2 is 1.59 bits per heavy atom. The van der Waals surface area contributed by atoms with Crippen molar-refractivity contribution in [1.82, 2.24) is 0 Å². The Labute approximate surface area is 199 Å². The Bertz CT molecular complexity index is 1200. The zero-order chi connectivity index (χ0) is 24.2. The first-order valence-corrected chi connectivity index (χ1v) is 11.3. The molecule has 1 amide bonds. The maximum atomic E-state index is 12.6.